The number of carboxylic acids is 2. The van der Waals surface area contributed by atoms with Gasteiger partial charge in [0.2, 0.25) is 0 Å². The first kappa shape index (κ1) is 21.8. The number of alkyl halides is 1. The average Bonchev–Trinajstić information content (AvgIpc) is 2.43. The number of nitrogens with one attached hydrogen (secondary N) is 2. The van der Waals surface area contributed by atoms with Crippen molar-refractivity contribution in [2.75, 3.05) is 13.2 Å². The number of hydrogen-bond donors (Lipinski definition) is 4. The highest BCUT2D eigenvalue weighted by molar-refractivity contribution is 5.82. The van der Waals surface area contributed by atoms with E-state index in [0.717, 1.165) is 0 Å². The Morgan fingerprint density at radius 2 is 1.73 bits per heavy atom. The van der Waals surface area contributed by atoms with Crippen LogP contribution in [0.4, 0.5) is 9.18 Å². The summed E-state index contributed by atoms with van der Waals surface area (Å²) in [4.78, 5) is 48.7. The molecule has 2 amide bonds. The third-order valence-corrected chi connectivity index (χ3v) is 2.44. The molecule has 0 aliphatic carbocycles. The van der Waals surface area contributed by atoms with Gasteiger partial charge in [0.1, 0.15) is 6.04 Å². The van der Waals surface area contributed by atoms with Crippen molar-refractivity contribution in [3.8, 4) is 0 Å². The van der Waals surface area contributed by atoms with E-state index in [-0.39, 0.29) is 31.5 Å². The molecule has 0 aromatic rings. The Morgan fingerprint density at radius 1 is 1.18 bits per heavy atom. The molecule has 0 radical (unpaired) electrons. The van der Waals surface area contributed by atoms with Gasteiger partial charge in [0.05, 0.1) is 6.67 Å². The summed E-state index contributed by atoms with van der Waals surface area (Å²) in [6.07, 6.45) is 0.145. The molecule has 4 N–H and O–H groups in total. The molecule has 0 saturated heterocycles. The highest BCUT2D eigenvalue weighted by Gasteiger charge is 2.20. The first-order valence-electron chi connectivity index (χ1n) is 6.32. The molecule has 0 rings (SSSR count). The Kier molecular flexibility index (Phi) is 13.4. The second kappa shape index (κ2) is 13.5. The van der Waals surface area contributed by atoms with Crippen LogP contribution in [0.3, 0.4) is 0 Å². The van der Waals surface area contributed by atoms with Crippen LogP contribution in [0.1, 0.15) is 26.2 Å². The fourth-order valence-corrected chi connectivity index (χ4v) is 1.24. The third-order valence-electron chi connectivity index (χ3n) is 2.44. The van der Waals surface area contributed by atoms with Crippen LogP contribution in [0.5, 0.6) is 0 Å². The molecule has 126 valence electrons. The highest BCUT2D eigenvalue weighted by Crippen LogP contribution is 2.01. The fraction of sp³-hybridized carbons (Fsp3) is 0.667. The summed E-state index contributed by atoms with van der Waals surface area (Å²) in [5, 5.41) is 21.8. The molecule has 0 bridgehead atoms. The SMILES string of the molecule is CC(CF)CCNC(=O)N[C@@H](CCC(=O)O)C(=O)O.O=C=O. The number of carbonyl (C=O) groups is 3. The van der Waals surface area contributed by atoms with E-state index in [4.69, 9.17) is 19.8 Å². The van der Waals surface area contributed by atoms with E-state index in [9.17, 15) is 18.8 Å². The number of carbonyl (C=O) groups excluding carboxylic acids is 3. The van der Waals surface area contributed by atoms with Crippen LogP contribution in [-0.2, 0) is 19.2 Å². The molecule has 0 heterocycles. The van der Waals surface area contributed by atoms with Crippen molar-refractivity contribution in [3.05, 3.63) is 0 Å². The summed E-state index contributed by atoms with van der Waals surface area (Å²) in [7, 11) is 0. The maximum atomic E-state index is 12.1. The number of carboxylic acid groups (broad SMARTS) is 2. The van der Waals surface area contributed by atoms with E-state index in [1.165, 1.54) is 0 Å². The van der Waals surface area contributed by atoms with Crippen molar-refractivity contribution in [1.82, 2.24) is 10.6 Å². The lowest BCUT2D eigenvalue weighted by Gasteiger charge is -2.14. The number of rotatable bonds is 9. The zero-order valence-electron chi connectivity index (χ0n) is 12.0. The van der Waals surface area contributed by atoms with Crippen LogP contribution in [0.2, 0.25) is 0 Å². The summed E-state index contributed by atoms with van der Waals surface area (Å²) >= 11 is 0. The van der Waals surface area contributed by atoms with Crippen LogP contribution in [0.25, 0.3) is 0 Å². The van der Waals surface area contributed by atoms with Gasteiger partial charge in [0, 0.05) is 13.0 Å². The topological polar surface area (TPSA) is 150 Å². The number of halogens is 1. The summed E-state index contributed by atoms with van der Waals surface area (Å²) < 4.78 is 12.1. The van der Waals surface area contributed by atoms with Gasteiger partial charge < -0.3 is 20.8 Å². The van der Waals surface area contributed by atoms with E-state index in [1.807, 2.05) is 0 Å². The van der Waals surface area contributed by atoms with Crippen molar-refractivity contribution in [2.45, 2.75) is 32.2 Å². The first-order valence-corrected chi connectivity index (χ1v) is 6.32. The molecule has 0 aromatic carbocycles. The molecule has 2 atom stereocenters. The van der Waals surface area contributed by atoms with Crippen molar-refractivity contribution in [2.24, 2.45) is 5.92 Å². The number of urea groups is 1. The molecule has 10 heteroatoms. The zero-order chi connectivity index (χ0) is 17.5. The van der Waals surface area contributed by atoms with Crippen LogP contribution >= 0.6 is 0 Å². The van der Waals surface area contributed by atoms with E-state index in [1.54, 1.807) is 6.92 Å². The molecule has 0 spiro atoms. The van der Waals surface area contributed by atoms with Gasteiger partial charge in [-0.05, 0) is 18.8 Å². The van der Waals surface area contributed by atoms with Crippen molar-refractivity contribution in [1.29, 1.82) is 0 Å². The van der Waals surface area contributed by atoms with Crippen molar-refractivity contribution >= 4 is 24.1 Å². The third kappa shape index (κ3) is 13.9. The van der Waals surface area contributed by atoms with E-state index in [0.29, 0.717) is 6.42 Å². The minimum absolute atomic E-state index is 0.178. The summed E-state index contributed by atoms with van der Waals surface area (Å²) in [6, 6.07) is -1.96. The average molecular weight is 322 g/mol. The second-order valence-corrected chi connectivity index (χ2v) is 4.35. The van der Waals surface area contributed by atoms with Gasteiger partial charge in [-0.15, -0.1) is 0 Å². The molecule has 9 nitrogen and oxygen atoms in total. The molecule has 0 fully saturated rings. The molecular formula is C12H19FN2O7. The van der Waals surface area contributed by atoms with Gasteiger partial charge in [0.15, 0.2) is 0 Å². The van der Waals surface area contributed by atoms with Crippen LogP contribution < -0.4 is 10.6 Å². The lowest BCUT2D eigenvalue weighted by atomic mass is 10.1. The predicted molar refractivity (Wildman–Crippen MR) is 69.6 cm³/mol. The monoisotopic (exact) mass is 322 g/mol. The summed E-state index contributed by atoms with van der Waals surface area (Å²) in [5.74, 6) is -2.61. The Labute approximate surface area is 125 Å². The van der Waals surface area contributed by atoms with E-state index < -0.39 is 30.7 Å². The normalized spacial score (nSPS) is 11.9. The number of aliphatic carboxylic acids is 2. The van der Waals surface area contributed by atoms with E-state index >= 15 is 0 Å². The molecule has 0 saturated carbocycles. The van der Waals surface area contributed by atoms with Gasteiger partial charge in [-0.25, -0.2) is 9.59 Å². The zero-order valence-corrected chi connectivity index (χ0v) is 12.0. The smallest absolute Gasteiger partial charge is 0.373 e. The quantitative estimate of drug-likeness (QED) is 0.467. The van der Waals surface area contributed by atoms with Crippen molar-refractivity contribution < 1.29 is 38.6 Å². The standard InChI is InChI=1S/C11H19FN2O5.CO2/c1-7(6-12)4-5-13-11(19)14-8(10(17)18)2-3-9(15)16;2-1-3/h7-8H,2-6H2,1H3,(H,15,16)(H,17,18)(H2,13,14,19);/t7?,8-;/m0./s1. The fourth-order valence-electron chi connectivity index (χ4n) is 1.24. The van der Waals surface area contributed by atoms with Gasteiger partial charge in [0.25, 0.3) is 0 Å². The lowest BCUT2D eigenvalue weighted by molar-refractivity contribution is -0.191. The predicted octanol–water partition coefficient (Wildman–Crippen LogP) is 0.0158. The molecule has 0 aliphatic heterocycles. The second-order valence-electron chi connectivity index (χ2n) is 4.35. The van der Waals surface area contributed by atoms with Gasteiger partial charge >= 0.3 is 24.1 Å². The highest BCUT2D eigenvalue weighted by atomic mass is 19.1. The maximum absolute atomic E-state index is 12.1. The Hall–Kier alpha value is -2.48. The summed E-state index contributed by atoms with van der Waals surface area (Å²) in [6.45, 7) is 1.42. The first-order chi connectivity index (χ1) is 10.3. The summed E-state index contributed by atoms with van der Waals surface area (Å²) in [5.41, 5.74) is 0. The Balaban J connectivity index is 0. The van der Waals surface area contributed by atoms with Crippen LogP contribution in [-0.4, -0.2) is 53.6 Å². The molecular weight excluding hydrogens is 303 g/mol. The lowest BCUT2D eigenvalue weighted by Crippen LogP contribution is -2.46. The Morgan fingerprint density at radius 3 is 2.14 bits per heavy atom. The van der Waals surface area contributed by atoms with Crippen molar-refractivity contribution in [3.63, 3.8) is 0 Å². The number of hydrogen-bond acceptors (Lipinski definition) is 5. The van der Waals surface area contributed by atoms with Gasteiger partial charge in [-0.1, -0.05) is 6.92 Å². The van der Waals surface area contributed by atoms with Gasteiger partial charge in [-0.2, -0.15) is 9.59 Å². The minimum atomic E-state index is -1.30. The maximum Gasteiger partial charge on any atom is 0.373 e. The molecule has 22 heavy (non-hydrogen) atoms. The van der Waals surface area contributed by atoms with Crippen LogP contribution in [0, 0.1) is 5.92 Å². The molecule has 1 unspecified atom stereocenters. The number of amides is 2. The Bertz CT molecular complexity index is 397. The molecule has 0 aromatic heterocycles. The van der Waals surface area contributed by atoms with Crippen LogP contribution in [0.15, 0.2) is 0 Å². The molecule has 0 aliphatic rings. The minimum Gasteiger partial charge on any atom is -0.481 e. The largest absolute Gasteiger partial charge is 0.481 e. The van der Waals surface area contributed by atoms with E-state index in [2.05, 4.69) is 10.6 Å². The van der Waals surface area contributed by atoms with Gasteiger partial charge in [-0.3, -0.25) is 9.18 Å².